The number of rotatable bonds is 3. The van der Waals surface area contributed by atoms with Crippen molar-refractivity contribution >= 4 is 27.5 Å². The number of aryl methyl sites for hydroxylation is 2. The van der Waals surface area contributed by atoms with Gasteiger partial charge in [-0.3, -0.25) is 0 Å². The molecule has 2 aromatic rings. The van der Waals surface area contributed by atoms with Crippen LogP contribution in [0.15, 0.2) is 28.9 Å². The van der Waals surface area contributed by atoms with Crippen molar-refractivity contribution in [2.24, 2.45) is 0 Å². The molecule has 4 heteroatoms. The van der Waals surface area contributed by atoms with Gasteiger partial charge in [0.25, 0.3) is 0 Å². The molecular weight excluding hydrogens is 338 g/mol. The van der Waals surface area contributed by atoms with Crippen molar-refractivity contribution in [3.63, 3.8) is 0 Å². The molecule has 0 aliphatic carbocycles. The van der Waals surface area contributed by atoms with Crippen LogP contribution in [0.5, 0.6) is 11.6 Å². The third-order valence-electron chi connectivity index (χ3n) is 3.12. The van der Waals surface area contributed by atoms with E-state index in [1.165, 1.54) is 0 Å². The average molecular weight is 355 g/mol. The van der Waals surface area contributed by atoms with Crippen molar-refractivity contribution in [3.05, 3.63) is 50.6 Å². The summed E-state index contributed by atoms with van der Waals surface area (Å²) in [5.41, 5.74) is 3.07. The summed E-state index contributed by atoms with van der Waals surface area (Å²) < 4.78 is 6.89. The Hall–Kier alpha value is -1.06. The second-order valence-corrected chi connectivity index (χ2v) is 6.49. The molecular formula is C16H17BrClNO. The number of aromatic nitrogens is 1. The fraction of sp³-hybridized carbons (Fsp3) is 0.312. The smallest absolute Gasteiger partial charge is 0.222 e. The van der Waals surface area contributed by atoms with E-state index in [9.17, 15) is 0 Å². The summed E-state index contributed by atoms with van der Waals surface area (Å²) in [6.45, 7) is 8.19. The van der Waals surface area contributed by atoms with E-state index in [1.54, 1.807) is 6.20 Å². The van der Waals surface area contributed by atoms with Gasteiger partial charge in [-0.1, -0.05) is 25.4 Å². The van der Waals surface area contributed by atoms with Crippen LogP contribution in [-0.4, -0.2) is 4.98 Å². The van der Waals surface area contributed by atoms with Crippen LogP contribution in [0.1, 0.15) is 36.5 Å². The lowest BCUT2D eigenvalue weighted by atomic mass is 10.0. The summed E-state index contributed by atoms with van der Waals surface area (Å²) in [6, 6.07) is 5.93. The Labute approximate surface area is 133 Å². The Morgan fingerprint density at radius 3 is 2.45 bits per heavy atom. The van der Waals surface area contributed by atoms with Crippen molar-refractivity contribution < 1.29 is 4.74 Å². The van der Waals surface area contributed by atoms with Crippen LogP contribution in [0, 0.1) is 13.8 Å². The Balaban J connectivity index is 2.40. The Morgan fingerprint density at radius 2 is 1.85 bits per heavy atom. The molecule has 0 atom stereocenters. The predicted octanol–water partition coefficient (Wildman–Crippen LogP) is 6.03. The maximum absolute atomic E-state index is 6.27. The molecule has 0 spiro atoms. The Bertz CT molecular complexity index is 641. The van der Waals surface area contributed by atoms with Gasteiger partial charge in [0.05, 0.1) is 0 Å². The molecule has 20 heavy (non-hydrogen) atoms. The van der Waals surface area contributed by atoms with E-state index in [0.717, 1.165) is 31.9 Å². The van der Waals surface area contributed by atoms with Gasteiger partial charge in [-0.15, -0.1) is 0 Å². The van der Waals surface area contributed by atoms with Crippen LogP contribution in [0.2, 0.25) is 5.02 Å². The average Bonchev–Trinajstić information content (AvgIpc) is 2.35. The van der Waals surface area contributed by atoms with Gasteiger partial charge in [0.2, 0.25) is 5.88 Å². The summed E-state index contributed by atoms with van der Waals surface area (Å²) in [6.07, 6.45) is 1.73. The fourth-order valence-electron chi connectivity index (χ4n) is 1.96. The molecule has 0 radical (unpaired) electrons. The second kappa shape index (κ2) is 6.15. The first-order chi connectivity index (χ1) is 9.38. The highest BCUT2D eigenvalue weighted by molar-refractivity contribution is 9.10. The molecule has 0 bridgehead atoms. The molecule has 1 aromatic heterocycles. The minimum absolute atomic E-state index is 0.351. The normalized spacial score (nSPS) is 10.9. The molecule has 2 nitrogen and oxygen atoms in total. The molecule has 0 aliphatic rings. The molecule has 0 unspecified atom stereocenters. The minimum atomic E-state index is 0.351. The molecule has 2 rings (SSSR count). The highest BCUT2D eigenvalue weighted by Crippen LogP contribution is 2.34. The number of ether oxygens (including phenoxy) is 1. The number of benzene rings is 1. The quantitative estimate of drug-likeness (QED) is 0.671. The monoisotopic (exact) mass is 353 g/mol. The van der Waals surface area contributed by atoms with Crippen molar-refractivity contribution in [3.8, 4) is 11.6 Å². The molecule has 0 fully saturated rings. The third-order valence-corrected chi connectivity index (χ3v) is 3.88. The van der Waals surface area contributed by atoms with Crippen molar-refractivity contribution in [1.82, 2.24) is 4.98 Å². The van der Waals surface area contributed by atoms with Crippen LogP contribution < -0.4 is 4.74 Å². The van der Waals surface area contributed by atoms with Gasteiger partial charge in [0, 0.05) is 21.3 Å². The standard InChI is InChI=1S/C16H17BrClNO/c1-9(2)13-7-15(10(3)6-14(13)18)20-16-11(4)5-12(17)8-19-16/h5-9H,1-4H3. The maximum atomic E-state index is 6.27. The number of pyridine rings is 1. The number of hydrogen-bond donors (Lipinski definition) is 0. The van der Waals surface area contributed by atoms with Gasteiger partial charge in [-0.2, -0.15) is 0 Å². The van der Waals surface area contributed by atoms with Crippen LogP contribution in [-0.2, 0) is 0 Å². The van der Waals surface area contributed by atoms with Gasteiger partial charge < -0.3 is 4.74 Å². The van der Waals surface area contributed by atoms with E-state index >= 15 is 0 Å². The van der Waals surface area contributed by atoms with Crippen LogP contribution in [0.3, 0.4) is 0 Å². The zero-order chi connectivity index (χ0) is 14.9. The first kappa shape index (κ1) is 15.3. The van der Waals surface area contributed by atoms with E-state index in [1.807, 2.05) is 32.0 Å². The molecule has 0 N–H and O–H groups in total. The Morgan fingerprint density at radius 1 is 1.15 bits per heavy atom. The van der Waals surface area contributed by atoms with Gasteiger partial charge in [0.15, 0.2) is 0 Å². The van der Waals surface area contributed by atoms with Crippen molar-refractivity contribution in [2.75, 3.05) is 0 Å². The molecule has 0 saturated carbocycles. The topological polar surface area (TPSA) is 22.1 Å². The van der Waals surface area contributed by atoms with Gasteiger partial charge in [-0.25, -0.2) is 4.98 Å². The van der Waals surface area contributed by atoms with Crippen LogP contribution >= 0.6 is 27.5 Å². The summed E-state index contributed by atoms with van der Waals surface area (Å²) >= 11 is 9.68. The lowest BCUT2D eigenvalue weighted by molar-refractivity contribution is 0.454. The number of hydrogen-bond acceptors (Lipinski definition) is 2. The Kier molecular flexibility index (Phi) is 4.71. The van der Waals surface area contributed by atoms with Gasteiger partial charge >= 0.3 is 0 Å². The molecule has 1 heterocycles. The highest BCUT2D eigenvalue weighted by Gasteiger charge is 2.12. The fourth-order valence-corrected chi connectivity index (χ4v) is 2.84. The van der Waals surface area contributed by atoms with E-state index < -0.39 is 0 Å². The maximum Gasteiger partial charge on any atom is 0.222 e. The number of halogens is 2. The molecule has 0 amide bonds. The van der Waals surface area contributed by atoms with Crippen molar-refractivity contribution in [2.45, 2.75) is 33.6 Å². The molecule has 1 aromatic carbocycles. The summed E-state index contributed by atoms with van der Waals surface area (Å²) in [4.78, 5) is 4.31. The lowest BCUT2D eigenvalue weighted by Crippen LogP contribution is -1.96. The highest BCUT2D eigenvalue weighted by atomic mass is 79.9. The molecule has 0 aliphatic heterocycles. The lowest BCUT2D eigenvalue weighted by Gasteiger charge is -2.15. The summed E-state index contributed by atoms with van der Waals surface area (Å²) in [5.74, 6) is 1.77. The van der Waals surface area contributed by atoms with E-state index in [-0.39, 0.29) is 0 Å². The van der Waals surface area contributed by atoms with Crippen LogP contribution in [0.4, 0.5) is 0 Å². The largest absolute Gasteiger partial charge is 0.438 e. The van der Waals surface area contributed by atoms with Crippen molar-refractivity contribution in [1.29, 1.82) is 0 Å². The summed E-state index contributed by atoms with van der Waals surface area (Å²) in [5, 5.41) is 0.783. The third kappa shape index (κ3) is 3.33. The molecule has 0 saturated heterocycles. The van der Waals surface area contributed by atoms with E-state index in [0.29, 0.717) is 11.8 Å². The summed E-state index contributed by atoms with van der Waals surface area (Å²) in [7, 11) is 0. The van der Waals surface area contributed by atoms with Gasteiger partial charge in [0.1, 0.15) is 5.75 Å². The van der Waals surface area contributed by atoms with E-state index in [4.69, 9.17) is 16.3 Å². The van der Waals surface area contributed by atoms with E-state index in [2.05, 4.69) is 34.8 Å². The predicted molar refractivity (Wildman–Crippen MR) is 87.0 cm³/mol. The zero-order valence-corrected chi connectivity index (χ0v) is 14.3. The molecule has 106 valence electrons. The SMILES string of the molecule is Cc1cc(Cl)c(C(C)C)cc1Oc1ncc(Br)cc1C. The minimum Gasteiger partial charge on any atom is -0.438 e. The second-order valence-electron chi connectivity index (χ2n) is 5.17. The van der Waals surface area contributed by atoms with Crippen LogP contribution in [0.25, 0.3) is 0 Å². The zero-order valence-electron chi connectivity index (χ0n) is 12.0. The van der Waals surface area contributed by atoms with Gasteiger partial charge in [-0.05, 0) is 65.0 Å². The first-order valence-corrected chi connectivity index (χ1v) is 7.65. The number of nitrogens with zero attached hydrogens (tertiary/aromatic N) is 1. The first-order valence-electron chi connectivity index (χ1n) is 6.48.